The van der Waals surface area contributed by atoms with Crippen molar-refractivity contribution in [3.05, 3.63) is 39.9 Å². The zero-order chi connectivity index (χ0) is 14.8. The molecule has 0 amide bonds. The number of benzene rings is 1. The molecule has 3 nitrogen and oxygen atoms in total. The average molecular weight is 277 g/mol. The lowest BCUT2D eigenvalue weighted by molar-refractivity contribution is -0.384. The Bertz CT molecular complexity index is 404. The molecule has 1 aromatic carbocycles. The van der Waals surface area contributed by atoms with E-state index in [1.165, 1.54) is 44.9 Å². The van der Waals surface area contributed by atoms with E-state index in [-0.39, 0.29) is 10.6 Å². The van der Waals surface area contributed by atoms with Crippen LogP contribution in [0.3, 0.4) is 0 Å². The quantitative estimate of drug-likeness (QED) is 0.306. The molecule has 1 aromatic rings. The smallest absolute Gasteiger partial charge is 0.258 e. The van der Waals surface area contributed by atoms with Crippen LogP contribution in [0.5, 0.6) is 0 Å². The topological polar surface area (TPSA) is 43.1 Å². The summed E-state index contributed by atoms with van der Waals surface area (Å²) < 4.78 is 0. The average Bonchev–Trinajstić information content (AvgIpc) is 2.46. The van der Waals surface area contributed by atoms with Crippen LogP contribution < -0.4 is 0 Å². The molecular formula is C17H27NO2. The first-order chi connectivity index (χ1) is 9.65. The van der Waals surface area contributed by atoms with E-state index in [0.717, 1.165) is 12.0 Å². The highest BCUT2D eigenvalue weighted by Crippen LogP contribution is 2.25. The summed E-state index contributed by atoms with van der Waals surface area (Å²) in [4.78, 5) is 10.5. The second-order valence-corrected chi connectivity index (χ2v) is 5.66. The van der Waals surface area contributed by atoms with Gasteiger partial charge < -0.3 is 0 Å². The lowest BCUT2D eigenvalue weighted by Gasteiger charge is -2.11. The van der Waals surface area contributed by atoms with Crippen LogP contribution in [0.25, 0.3) is 0 Å². The molecule has 0 saturated carbocycles. The molecule has 20 heavy (non-hydrogen) atoms. The van der Waals surface area contributed by atoms with E-state index in [1.807, 2.05) is 6.07 Å². The van der Waals surface area contributed by atoms with E-state index in [1.54, 1.807) is 18.2 Å². The molecule has 0 aromatic heterocycles. The fraction of sp³-hybridized carbons (Fsp3) is 0.647. The Balaban J connectivity index is 2.27. The zero-order valence-corrected chi connectivity index (χ0v) is 12.8. The Hall–Kier alpha value is -1.38. The predicted octanol–water partition coefficient (Wildman–Crippen LogP) is 5.84. The summed E-state index contributed by atoms with van der Waals surface area (Å²) in [6, 6.07) is 7.06. The maximum absolute atomic E-state index is 10.8. The summed E-state index contributed by atoms with van der Waals surface area (Å²) in [7, 11) is 0. The fourth-order valence-electron chi connectivity index (χ4n) is 2.52. The van der Waals surface area contributed by atoms with Crippen LogP contribution >= 0.6 is 0 Å². The van der Waals surface area contributed by atoms with Gasteiger partial charge >= 0.3 is 0 Å². The molecule has 0 aliphatic carbocycles. The van der Waals surface area contributed by atoms with Crippen molar-refractivity contribution in [2.45, 2.75) is 71.1 Å². The van der Waals surface area contributed by atoms with Gasteiger partial charge in [0.2, 0.25) is 0 Å². The summed E-state index contributed by atoms with van der Waals surface area (Å²) in [5.41, 5.74) is 1.29. The van der Waals surface area contributed by atoms with Crippen molar-refractivity contribution in [3.63, 3.8) is 0 Å². The first-order valence-electron chi connectivity index (χ1n) is 7.89. The number of non-ortho nitro benzene ring substituents is 1. The minimum Gasteiger partial charge on any atom is -0.258 e. The third-order valence-corrected chi connectivity index (χ3v) is 3.89. The van der Waals surface area contributed by atoms with Gasteiger partial charge in [0, 0.05) is 12.1 Å². The molecule has 112 valence electrons. The minimum atomic E-state index is -0.316. The number of hydrogen-bond donors (Lipinski definition) is 0. The lowest BCUT2D eigenvalue weighted by Crippen LogP contribution is -1.96. The normalized spacial score (nSPS) is 12.3. The van der Waals surface area contributed by atoms with Crippen molar-refractivity contribution < 1.29 is 4.92 Å². The number of unbranched alkanes of at least 4 members (excludes halogenated alkanes) is 6. The van der Waals surface area contributed by atoms with Gasteiger partial charge in [-0.2, -0.15) is 0 Å². The van der Waals surface area contributed by atoms with E-state index in [9.17, 15) is 10.1 Å². The number of nitro benzene ring substituents is 1. The van der Waals surface area contributed by atoms with E-state index >= 15 is 0 Å². The van der Waals surface area contributed by atoms with Crippen molar-refractivity contribution in [1.29, 1.82) is 0 Å². The number of nitro groups is 1. The van der Waals surface area contributed by atoms with E-state index < -0.39 is 0 Å². The van der Waals surface area contributed by atoms with Crippen molar-refractivity contribution in [3.8, 4) is 0 Å². The van der Waals surface area contributed by atoms with Crippen molar-refractivity contribution in [1.82, 2.24) is 0 Å². The van der Waals surface area contributed by atoms with Crippen molar-refractivity contribution in [2.75, 3.05) is 0 Å². The molecule has 1 atom stereocenters. The highest BCUT2D eigenvalue weighted by atomic mass is 16.6. The molecule has 1 rings (SSSR count). The van der Waals surface area contributed by atoms with Gasteiger partial charge in [-0.15, -0.1) is 0 Å². The number of rotatable bonds is 10. The van der Waals surface area contributed by atoms with E-state index in [2.05, 4.69) is 13.8 Å². The molecule has 0 spiro atoms. The number of hydrogen-bond acceptors (Lipinski definition) is 2. The largest absolute Gasteiger partial charge is 0.269 e. The molecule has 0 aliphatic rings. The molecule has 0 saturated heterocycles. The standard InChI is InChI=1S/C17H27NO2/c1-3-4-5-6-7-8-9-11-15(2)16-12-10-13-17(14-16)18(19)20/h10,12-15H,3-9,11H2,1-2H3. The van der Waals surface area contributed by atoms with Gasteiger partial charge in [-0.3, -0.25) is 10.1 Å². The Labute approximate surface area is 122 Å². The maximum Gasteiger partial charge on any atom is 0.269 e. The Morgan fingerprint density at radius 3 is 2.40 bits per heavy atom. The third kappa shape index (κ3) is 6.18. The van der Waals surface area contributed by atoms with Gasteiger partial charge in [0.1, 0.15) is 0 Å². The van der Waals surface area contributed by atoms with Gasteiger partial charge in [0.25, 0.3) is 5.69 Å². The molecule has 0 fully saturated rings. The SMILES string of the molecule is CCCCCCCCCC(C)c1cccc([N+](=O)[O-])c1. The second kappa shape index (κ2) is 9.51. The highest BCUT2D eigenvalue weighted by molar-refractivity contribution is 5.35. The molecule has 0 bridgehead atoms. The molecule has 1 unspecified atom stereocenters. The van der Waals surface area contributed by atoms with E-state index in [4.69, 9.17) is 0 Å². The van der Waals surface area contributed by atoms with Gasteiger partial charge in [-0.1, -0.05) is 70.9 Å². The summed E-state index contributed by atoms with van der Waals surface area (Å²) >= 11 is 0. The first-order valence-corrected chi connectivity index (χ1v) is 7.89. The van der Waals surface area contributed by atoms with Crippen LogP contribution in [-0.2, 0) is 0 Å². The monoisotopic (exact) mass is 277 g/mol. The van der Waals surface area contributed by atoms with E-state index in [0.29, 0.717) is 5.92 Å². The fourth-order valence-corrected chi connectivity index (χ4v) is 2.52. The van der Waals surface area contributed by atoms with Crippen LogP contribution in [0, 0.1) is 10.1 Å². The van der Waals surface area contributed by atoms with Gasteiger partial charge in [0.05, 0.1) is 4.92 Å². The van der Waals surface area contributed by atoms with Crippen molar-refractivity contribution >= 4 is 5.69 Å². The van der Waals surface area contributed by atoms with Gasteiger partial charge in [-0.25, -0.2) is 0 Å². The summed E-state index contributed by atoms with van der Waals surface area (Å²) in [6.07, 6.45) is 10.3. The summed E-state index contributed by atoms with van der Waals surface area (Å²) in [5.74, 6) is 0.408. The highest BCUT2D eigenvalue weighted by Gasteiger charge is 2.10. The minimum absolute atomic E-state index is 0.203. The molecule has 0 aliphatic heterocycles. The molecule has 0 heterocycles. The van der Waals surface area contributed by atoms with Crippen LogP contribution in [0.2, 0.25) is 0 Å². The zero-order valence-electron chi connectivity index (χ0n) is 12.8. The molecule has 0 N–H and O–H groups in total. The third-order valence-electron chi connectivity index (χ3n) is 3.89. The molecule has 3 heteroatoms. The summed E-state index contributed by atoms with van der Waals surface area (Å²) in [6.45, 7) is 4.40. The lowest BCUT2D eigenvalue weighted by atomic mass is 9.94. The maximum atomic E-state index is 10.8. The van der Waals surface area contributed by atoms with Crippen LogP contribution in [0.4, 0.5) is 5.69 Å². The Kier molecular flexibility index (Phi) is 7.93. The predicted molar refractivity (Wildman–Crippen MR) is 84.1 cm³/mol. The first kappa shape index (κ1) is 16.7. The van der Waals surface area contributed by atoms with Crippen molar-refractivity contribution in [2.24, 2.45) is 0 Å². The van der Waals surface area contributed by atoms with Crippen LogP contribution in [-0.4, -0.2) is 4.92 Å². The molecular weight excluding hydrogens is 250 g/mol. The van der Waals surface area contributed by atoms with Gasteiger partial charge in [-0.05, 0) is 17.9 Å². The van der Waals surface area contributed by atoms with Crippen LogP contribution in [0.15, 0.2) is 24.3 Å². The van der Waals surface area contributed by atoms with Crippen LogP contribution in [0.1, 0.15) is 76.7 Å². The second-order valence-electron chi connectivity index (χ2n) is 5.66. The van der Waals surface area contributed by atoms with Gasteiger partial charge in [0.15, 0.2) is 0 Å². The molecule has 0 radical (unpaired) electrons. The Morgan fingerprint density at radius 2 is 1.75 bits per heavy atom. The number of nitrogens with zero attached hydrogens (tertiary/aromatic N) is 1. The summed E-state index contributed by atoms with van der Waals surface area (Å²) in [5, 5.41) is 10.8. The Morgan fingerprint density at radius 1 is 1.10 bits per heavy atom.